The number of benzene rings is 2. The van der Waals surface area contributed by atoms with E-state index in [0.29, 0.717) is 0 Å². The lowest BCUT2D eigenvalue weighted by Gasteiger charge is -2.06. The summed E-state index contributed by atoms with van der Waals surface area (Å²) < 4.78 is 27.4. The number of primary sulfonamides is 1. The van der Waals surface area contributed by atoms with Gasteiger partial charge in [-0.15, -0.1) is 0 Å². The van der Waals surface area contributed by atoms with Crippen molar-refractivity contribution in [3.63, 3.8) is 0 Å². The van der Waals surface area contributed by atoms with Gasteiger partial charge in [0.25, 0.3) is 0 Å². The highest BCUT2D eigenvalue weighted by molar-refractivity contribution is 7.89. The zero-order valence-electron chi connectivity index (χ0n) is 13.6. The van der Waals surface area contributed by atoms with Crippen LogP contribution in [0.4, 0.5) is 4.79 Å². The summed E-state index contributed by atoms with van der Waals surface area (Å²) in [6.45, 7) is 0.257. The quantitative estimate of drug-likeness (QED) is 0.729. The van der Waals surface area contributed by atoms with Crippen molar-refractivity contribution in [2.45, 2.75) is 11.4 Å². The highest BCUT2D eigenvalue weighted by Gasteiger charge is 2.06. The number of nitrogens with one attached hydrogen (secondary N) is 2. The fourth-order valence-electron chi connectivity index (χ4n) is 1.96. The van der Waals surface area contributed by atoms with E-state index >= 15 is 0 Å². The maximum absolute atomic E-state index is 11.7. The Bertz CT molecular complexity index is 844. The second-order valence-corrected chi connectivity index (χ2v) is 6.68. The third kappa shape index (κ3) is 5.94. The Balaban J connectivity index is 1.81. The molecule has 0 saturated heterocycles. The van der Waals surface area contributed by atoms with Crippen LogP contribution in [0.2, 0.25) is 0 Å². The summed E-state index contributed by atoms with van der Waals surface area (Å²) >= 11 is 0. The van der Waals surface area contributed by atoms with Crippen molar-refractivity contribution in [1.82, 2.24) is 10.6 Å². The van der Waals surface area contributed by atoms with Gasteiger partial charge in [0, 0.05) is 12.7 Å². The van der Waals surface area contributed by atoms with Gasteiger partial charge in [0.05, 0.1) is 12.0 Å². The van der Waals surface area contributed by atoms with E-state index in [9.17, 15) is 13.2 Å². The summed E-state index contributed by atoms with van der Waals surface area (Å²) in [7, 11) is -2.11. The molecule has 4 N–H and O–H groups in total. The summed E-state index contributed by atoms with van der Waals surface area (Å²) in [6.07, 6.45) is 3.28. The number of carbonyl (C=O) groups is 1. The lowest BCUT2D eigenvalue weighted by atomic mass is 10.2. The van der Waals surface area contributed by atoms with Gasteiger partial charge in [-0.3, -0.25) is 0 Å². The Labute approximate surface area is 146 Å². The second kappa shape index (κ2) is 8.32. The van der Waals surface area contributed by atoms with Crippen molar-refractivity contribution >= 4 is 22.1 Å². The molecule has 0 saturated carbocycles. The fraction of sp³-hybridized carbons (Fsp3) is 0.118. The summed E-state index contributed by atoms with van der Waals surface area (Å²) in [5.41, 5.74) is 1.67. The first-order valence-corrected chi connectivity index (χ1v) is 8.90. The van der Waals surface area contributed by atoms with E-state index in [0.717, 1.165) is 16.9 Å². The monoisotopic (exact) mass is 361 g/mol. The zero-order chi connectivity index (χ0) is 18.3. The number of rotatable bonds is 6. The molecule has 0 atom stereocenters. The summed E-state index contributed by atoms with van der Waals surface area (Å²) in [4.78, 5) is 11.8. The minimum absolute atomic E-state index is 0.0307. The van der Waals surface area contributed by atoms with E-state index in [-0.39, 0.29) is 17.5 Å². The molecule has 2 rings (SSSR count). The second-order valence-electron chi connectivity index (χ2n) is 5.12. The molecule has 2 aromatic rings. The Morgan fingerprint density at radius 1 is 1.12 bits per heavy atom. The standard InChI is InChI=1S/C17H19N3O4S/c1-24-15-6-2-13(3-7-15)10-11-19-17(21)20-12-14-4-8-16(9-5-14)25(18,22)23/h2-11H,12H2,1H3,(H2,18,22,23)(H2,19,20,21)/b11-10+. The first-order valence-electron chi connectivity index (χ1n) is 7.35. The van der Waals surface area contributed by atoms with Gasteiger partial charge >= 0.3 is 6.03 Å². The molecule has 0 bridgehead atoms. The Morgan fingerprint density at radius 3 is 2.32 bits per heavy atom. The third-order valence-corrected chi connectivity index (χ3v) is 4.24. The molecule has 132 valence electrons. The number of ether oxygens (including phenoxy) is 1. The molecule has 0 radical (unpaired) electrons. The number of hydrogen-bond donors (Lipinski definition) is 3. The smallest absolute Gasteiger partial charge is 0.319 e. The van der Waals surface area contributed by atoms with Crippen LogP contribution in [0.5, 0.6) is 5.75 Å². The van der Waals surface area contributed by atoms with Crippen LogP contribution in [0.1, 0.15) is 11.1 Å². The van der Waals surface area contributed by atoms with E-state index < -0.39 is 10.0 Å². The predicted molar refractivity (Wildman–Crippen MR) is 95.2 cm³/mol. The largest absolute Gasteiger partial charge is 0.497 e. The highest BCUT2D eigenvalue weighted by atomic mass is 32.2. The molecule has 0 aliphatic rings. The first-order chi connectivity index (χ1) is 11.9. The van der Waals surface area contributed by atoms with Crippen LogP contribution < -0.4 is 20.5 Å². The summed E-state index contributed by atoms with van der Waals surface area (Å²) in [5, 5.41) is 10.3. The van der Waals surface area contributed by atoms with Gasteiger partial charge in [0.15, 0.2) is 0 Å². The van der Waals surface area contributed by atoms with Crippen molar-refractivity contribution in [1.29, 1.82) is 0 Å². The number of carbonyl (C=O) groups excluding carboxylic acids is 1. The number of amides is 2. The SMILES string of the molecule is COc1ccc(/C=C/NC(=O)NCc2ccc(S(N)(=O)=O)cc2)cc1. The molecule has 2 amide bonds. The van der Waals surface area contributed by atoms with Crippen molar-refractivity contribution < 1.29 is 17.9 Å². The Kier molecular flexibility index (Phi) is 6.15. The lowest BCUT2D eigenvalue weighted by Crippen LogP contribution is -2.31. The highest BCUT2D eigenvalue weighted by Crippen LogP contribution is 2.12. The van der Waals surface area contributed by atoms with Crippen molar-refractivity contribution in [2.24, 2.45) is 5.14 Å². The molecule has 0 fully saturated rings. The average molecular weight is 361 g/mol. The number of methoxy groups -OCH3 is 1. The van der Waals surface area contributed by atoms with Crippen LogP contribution >= 0.6 is 0 Å². The van der Waals surface area contributed by atoms with Crippen molar-refractivity contribution in [2.75, 3.05) is 7.11 Å². The number of urea groups is 1. The van der Waals surface area contributed by atoms with Gasteiger partial charge in [-0.05, 0) is 41.5 Å². The normalized spacial score (nSPS) is 11.3. The maximum Gasteiger partial charge on any atom is 0.319 e. The molecule has 0 aliphatic carbocycles. The summed E-state index contributed by atoms with van der Waals surface area (Å²) in [5.74, 6) is 0.760. The van der Waals surface area contributed by atoms with Gasteiger partial charge in [0.1, 0.15) is 5.75 Å². The molecular formula is C17H19N3O4S. The van der Waals surface area contributed by atoms with Crippen LogP contribution in [0.25, 0.3) is 6.08 Å². The van der Waals surface area contributed by atoms with E-state index in [2.05, 4.69) is 10.6 Å². The minimum atomic E-state index is -3.71. The molecule has 0 aliphatic heterocycles. The molecule has 0 aromatic heterocycles. The van der Waals surface area contributed by atoms with Crippen molar-refractivity contribution in [3.05, 3.63) is 65.9 Å². The fourth-order valence-corrected chi connectivity index (χ4v) is 2.47. The van der Waals surface area contributed by atoms with Gasteiger partial charge in [0.2, 0.25) is 10.0 Å². The topological polar surface area (TPSA) is 111 Å². The summed E-state index contributed by atoms with van der Waals surface area (Å²) in [6, 6.07) is 13.0. The van der Waals surface area contributed by atoms with E-state index in [4.69, 9.17) is 9.88 Å². The first kappa shape index (κ1) is 18.5. The average Bonchev–Trinajstić information content (AvgIpc) is 2.60. The lowest BCUT2D eigenvalue weighted by molar-refractivity contribution is 0.244. The van der Waals surface area contributed by atoms with Crippen LogP contribution in [0, 0.1) is 0 Å². The molecule has 0 spiro atoms. The maximum atomic E-state index is 11.7. The number of nitrogens with two attached hydrogens (primary N) is 1. The number of hydrogen-bond acceptors (Lipinski definition) is 4. The van der Waals surface area contributed by atoms with E-state index in [1.807, 2.05) is 24.3 Å². The number of sulfonamides is 1. The molecule has 0 heterocycles. The van der Waals surface area contributed by atoms with Gasteiger partial charge in [-0.2, -0.15) is 0 Å². The van der Waals surface area contributed by atoms with Crippen molar-refractivity contribution in [3.8, 4) is 5.75 Å². The van der Waals surface area contributed by atoms with E-state index in [1.54, 1.807) is 25.3 Å². The van der Waals surface area contributed by atoms with Gasteiger partial charge < -0.3 is 15.4 Å². The van der Waals surface area contributed by atoms with E-state index in [1.165, 1.54) is 18.3 Å². The molecule has 7 nitrogen and oxygen atoms in total. The Hall–Kier alpha value is -2.84. The molecular weight excluding hydrogens is 342 g/mol. The zero-order valence-corrected chi connectivity index (χ0v) is 14.4. The predicted octanol–water partition coefficient (Wildman–Crippen LogP) is 1.81. The molecule has 0 unspecified atom stereocenters. The van der Waals surface area contributed by atoms with Gasteiger partial charge in [-0.25, -0.2) is 18.4 Å². The van der Waals surface area contributed by atoms with Crippen LogP contribution in [-0.2, 0) is 16.6 Å². The third-order valence-electron chi connectivity index (χ3n) is 3.31. The molecule has 8 heteroatoms. The molecule has 2 aromatic carbocycles. The minimum Gasteiger partial charge on any atom is -0.497 e. The van der Waals surface area contributed by atoms with Crippen LogP contribution in [0.3, 0.4) is 0 Å². The molecule has 25 heavy (non-hydrogen) atoms. The van der Waals surface area contributed by atoms with Gasteiger partial charge in [-0.1, -0.05) is 24.3 Å². The Morgan fingerprint density at radius 2 is 1.76 bits per heavy atom. The van der Waals surface area contributed by atoms with Crippen LogP contribution in [0.15, 0.2) is 59.6 Å². The van der Waals surface area contributed by atoms with Crippen LogP contribution in [-0.4, -0.2) is 21.6 Å².